The van der Waals surface area contributed by atoms with Crippen LogP contribution in [0, 0.1) is 0 Å². The van der Waals surface area contributed by atoms with Crippen molar-refractivity contribution in [1.29, 1.82) is 0 Å². The molecule has 1 aliphatic rings. The molecule has 1 atom stereocenters. The molecule has 5 heteroatoms. The van der Waals surface area contributed by atoms with Gasteiger partial charge in [-0.15, -0.1) is 0 Å². The fourth-order valence-electron chi connectivity index (χ4n) is 2.23. The Morgan fingerprint density at radius 2 is 2.28 bits per heavy atom. The lowest BCUT2D eigenvalue weighted by Crippen LogP contribution is -2.21. The van der Waals surface area contributed by atoms with Gasteiger partial charge in [0.15, 0.2) is 5.82 Å². The molecular formula is C13H16N4O. The molecule has 1 N–H and O–H groups in total. The van der Waals surface area contributed by atoms with Gasteiger partial charge in [-0.25, -0.2) is 0 Å². The number of nitrogens with zero attached hydrogens (tertiary/aromatic N) is 3. The van der Waals surface area contributed by atoms with Crippen LogP contribution in [0.4, 0.5) is 0 Å². The first-order valence-corrected chi connectivity index (χ1v) is 6.41. The van der Waals surface area contributed by atoms with Gasteiger partial charge in [0.2, 0.25) is 0 Å². The van der Waals surface area contributed by atoms with E-state index in [0.717, 1.165) is 24.4 Å². The summed E-state index contributed by atoms with van der Waals surface area (Å²) >= 11 is 0. The molecule has 0 spiro atoms. The summed E-state index contributed by atoms with van der Waals surface area (Å²) in [6.45, 7) is 1.03. The van der Waals surface area contributed by atoms with Crippen molar-refractivity contribution < 1.29 is 4.52 Å². The molecule has 2 aromatic rings. The second kappa shape index (κ2) is 5.27. The SMILES string of the molecule is c1cncc(-c2nc([C@H]3CCCCCN3)no2)c1. The third-order valence-electron chi connectivity index (χ3n) is 3.22. The summed E-state index contributed by atoms with van der Waals surface area (Å²) in [4.78, 5) is 8.52. The minimum Gasteiger partial charge on any atom is -0.334 e. The first-order chi connectivity index (χ1) is 8.93. The summed E-state index contributed by atoms with van der Waals surface area (Å²) in [6.07, 6.45) is 8.26. The first kappa shape index (κ1) is 11.3. The third kappa shape index (κ3) is 2.41. The van der Waals surface area contributed by atoms with Gasteiger partial charge >= 0.3 is 0 Å². The summed E-state index contributed by atoms with van der Waals surface area (Å²) in [6, 6.07) is 4.01. The standard InChI is InChI=1S/C13H16N4O/c1-2-6-11(15-8-3-1)12-16-13(18-17-12)10-5-4-7-14-9-10/h4-5,7,9,11,15H,1-3,6,8H2/t11-/m1/s1. The molecule has 3 heterocycles. The molecule has 0 bridgehead atoms. The molecule has 5 nitrogen and oxygen atoms in total. The minimum absolute atomic E-state index is 0.224. The van der Waals surface area contributed by atoms with Gasteiger partial charge in [0.1, 0.15) is 0 Å². The predicted molar refractivity (Wildman–Crippen MR) is 66.7 cm³/mol. The van der Waals surface area contributed by atoms with Gasteiger partial charge in [0.25, 0.3) is 5.89 Å². The van der Waals surface area contributed by atoms with Gasteiger partial charge in [-0.2, -0.15) is 4.98 Å². The Hall–Kier alpha value is -1.75. The van der Waals surface area contributed by atoms with Crippen LogP contribution in [0.15, 0.2) is 29.0 Å². The largest absolute Gasteiger partial charge is 0.334 e. The normalized spacial score (nSPS) is 20.6. The van der Waals surface area contributed by atoms with Crippen molar-refractivity contribution in [3.63, 3.8) is 0 Å². The van der Waals surface area contributed by atoms with E-state index < -0.39 is 0 Å². The molecule has 0 aliphatic carbocycles. The van der Waals surface area contributed by atoms with Crippen LogP contribution in [0.3, 0.4) is 0 Å². The molecule has 1 fully saturated rings. The van der Waals surface area contributed by atoms with E-state index in [-0.39, 0.29) is 6.04 Å². The van der Waals surface area contributed by atoms with Gasteiger partial charge < -0.3 is 9.84 Å². The maximum absolute atomic E-state index is 5.30. The summed E-state index contributed by atoms with van der Waals surface area (Å²) in [7, 11) is 0. The van der Waals surface area contributed by atoms with Crippen molar-refractivity contribution >= 4 is 0 Å². The lowest BCUT2D eigenvalue weighted by atomic mass is 10.1. The first-order valence-electron chi connectivity index (χ1n) is 6.41. The van der Waals surface area contributed by atoms with Crippen molar-refractivity contribution in [3.8, 4) is 11.5 Å². The summed E-state index contributed by atoms with van der Waals surface area (Å²) in [5, 5.41) is 7.54. The molecule has 2 aromatic heterocycles. The molecule has 3 rings (SSSR count). The second-order valence-electron chi connectivity index (χ2n) is 4.56. The number of rotatable bonds is 2. The zero-order chi connectivity index (χ0) is 12.2. The van der Waals surface area contributed by atoms with Gasteiger partial charge in [0.05, 0.1) is 11.6 Å². The number of aromatic nitrogens is 3. The molecule has 0 radical (unpaired) electrons. The van der Waals surface area contributed by atoms with Gasteiger partial charge in [-0.05, 0) is 31.5 Å². The summed E-state index contributed by atoms with van der Waals surface area (Å²) in [5.74, 6) is 1.31. The zero-order valence-corrected chi connectivity index (χ0v) is 10.2. The molecule has 1 aliphatic heterocycles. The fourth-order valence-corrected chi connectivity index (χ4v) is 2.23. The van der Waals surface area contributed by atoms with Crippen molar-refractivity contribution in [3.05, 3.63) is 30.4 Å². The number of hydrogen-bond acceptors (Lipinski definition) is 5. The van der Waals surface area contributed by atoms with Crippen molar-refractivity contribution in [1.82, 2.24) is 20.4 Å². The third-order valence-corrected chi connectivity index (χ3v) is 3.22. The highest BCUT2D eigenvalue weighted by Gasteiger charge is 2.19. The van der Waals surface area contributed by atoms with E-state index in [9.17, 15) is 0 Å². The second-order valence-corrected chi connectivity index (χ2v) is 4.56. The van der Waals surface area contributed by atoms with Gasteiger partial charge in [-0.1, -0.05) is 18.0 Å². The Morgan fingerprint density at radius 3 is 3.17 bits per heavy atom. The smallest absolute Gasteiger partial charge is 0.259 e. The van der Waals surface area contributed by atoms with E-state index in [1.54, 1.807) is 12.4 Å². The van der Waals surface area contributed by atoms with E-state index in [0.29, 0.717) is 5.89 Å². The van der Waals surface area contributed by atoms with Crippen LogP contribution in [0.5, 0.6) is 0 Å². The maximum atomic E-state index is 5.30. The lowest BCUT2D eigenvalue weighted by Gasteiger charge is -2.09. The molecule has 18 heavy (non-hydrogen) atoms. The number of hydrogen-bond donors (Lipinski definition) is 1. The Morgan fingerprint density at radius 1 is 1.28 bits per heavy atom. The summed E-state index contributed by atoms with van der Waals surface area (Å²) in [5.41, 5.74) is 0.866. The predicted octanol–water partition coefficient (Wildman–Crippen LogP) is 2.34. The van der Waals surface area contributed by atoms with E-state index in [1.807, 2.05) is 12.1 Å². The molecule has 0 aromatic carbocycles. The zero-order valence-electron chi connectivity index (χ0n) is 10.2. The molecule has 94 valence electrons. The van der Waals surface area contributed by atoms with E-state index in [4.69, 9.17) is 4.52 Å². The van der Waals surface area contributed by atoms with Crippen molar-refractivity contribution in [2.45, 2.75) is 31.7 Å². The molecule has 0 amide bonds. The lowest BCUT2D eigenvalue weighted by molar-refractivity contribution is 0.402. The van der Waals surface area contributed by atoms with Crippen LogP contribution in [0.2, 0.25) is 0 Å². The highest BCUT2D eigenvalue weighted by Crippen LogP contribution is 2.23. The maximum Gasteiger partial charge on any atom is 0.259 e. The molecule has 0 saturated carbocycles. The monoisotopic (exact) mass is 244 g/mol. The summed E-state index contributed by atoms with van der Waals surface area (Å²) < 4.78 is 5.30. The Kier molecular flexibility index (Phi) is 3.32. The van der Waals surface area contributed by atoms with E-state index >= 15 is 0 Å². The van der Waals surface area contributed by atoms with Crippen LogP contribution in [0.25, 0.3) is 11.5 Å². The highest BCUT2D eigenvalue weighted by atomic mass is 16.5. The van der Waals surface area contributed by atoms with E-state index in [1.165, 1.54) is 19.3 Å². The quantitative estimate of drug-likeness (QED) is 0.878. The van der Waals surface area contributed by atoms with Crippen LogP contribution < -0.4 is 5.32 Å². The Labute approximate surface area is 106 Å². The minimum atomic E-state index is 0.224. The average Bonchev–Trinajstić information content (AvgIpc) is 2.76. The average molecular weight is 244 g/mol. The van der Waals surface area contributed by atoms with Crippen LogP contribution in [-0.4, -0.2) is 21.7 Å². The van der Waals surface area contributed by atoms with E-state index in [2.05, 4.69) is 20.4 Å². The van der Waals surface area contributed by atoms with Crippen molar-refractivity contribution in [2.24, 2.45) is 0 Å². The molecule has 1 saturated heterocycles. The van der Waals surface area contributed by atoms with Gasteiger partial charge in [0, 0.05) is 12.4 Å². The molecular weight excluding hydrogens is 228 g/mol. The van der Waals surface area contributed by atoms with Gasteiger partial charge in [-0.3, -0.25) is 4.98 Å². The molecule has 0 unspecified atom stereocenters. The van der Waals surface area contributed by atoms with Crippen LogP contribution in [0.1, 0.15) is 37.5 Å². The fraction of sp³-hybridized carbons (Fsp3) is 0.462. The van der Waals surface area contributed by atoms with Crippen molar-refractivity contribution in [2.75, 3.05) is 6.54 Å². The number of nitrogens with one attached hydrogen (secondary N) is 1. The number of pyridine rings is 1. The van der Waals surface area contributed by atoms with Crippen LogP contribution in [-0.2, 0) is 0 Å². The Bertz CT molecular complexity index is 489. The Balaban J connectivity index is 1.80. The van der Waals surface area contributed by atoms with Crippen LogP contribution >= 0.6 is 0 Å². The highest BCUT2D eigenvalue weighted by molar-refractivity contribution is 5.50. The topological polar surface area (TPSA) is 63.8 Å².